The number of pyridine rings is 1. The molecule has 4 nitrogen and oxygen atoms in total. The van der Waals surface area contributed by atoms with Crippen molar-refractivity contribution in [1.29, 1.82) is 0 Å². The first kappa shape index (κ1) is 20.9. The number of aryl methyl sites for hydroxylation is 2. The van der Waals surface area contributed by atoms with Gasteiger partial charge in [-0.25, -0.2) is 4.99 Å². The number of nitrogens with zero attached hydrogens (tertiary/aromatic N) is 3. The lowest BCUT2D eigenvalue weighted by atomic mass is 10.0. The maximum Gasteiger partial charge on any atom is 0.138 e. The van der Waals surface area contributed by atoms with E-state index in [1.807, 2.05) is 12.3 Å². The average molecular weight is 448 g/mol. The van der Waals surface area contributed by atoms with Crippen LogP contribution >= 0.6 is 0 Å². The van der Waals surface area contributed by atoms with E-state index in [1.165, 1.54) is 52.1 Å². The summed E-state index contributed by atoms with van der Waals surface area (Å²) in [5.41, 5.74) is 10.8. The summed E-state index contributed by atoms with van der Waals surface area (Å²) < 4.78 is 5.71. The number of ether oxygens (including phenoxy) is 1. The Hall–Kier alpha value is -3.66. The van der Waals surface area contributed by atoms with Crippen LogP contribution < -0.4 is 9.64 Å². The third-order valence-corrected chi connectivity index (χ3v) is 6.91. The zero-order valence-corrected chi connectivity index (χ0v) is 20.0. The van der Waals surface area contributed by atoms with Gasteiger partial charge in [0.2, 0.25) is 0 Å². The van der Waals surface area contributed by atoms with Gasteiger partial charge in [0.15, 0.2) is 0 Å². The molecule has 2 heterocycles. The van der Waals surface area contributed by atoms with Gasteiger partial charge >= 0.3 is 0 Å². The first-order valence-corrected chi connectivity index (χ1v) is 12.1. The number of fused-ring (bicyclic) bond motifs is 1. The monoisotopic (exact) mass is 447 g/mol. The zero-order chi connectivity index (χ0) is 23.2. The molecule has 0 saturated heterocycles. The molecule has 3 aliphatic rings. The Labute approximate surface area is 201 Å². The summed E-state index contributed by atoms with van der Waals surface area (Å²) in [5, 5.41) is 0. The summed E-state index contributed by atoms with van der Waals surface area (Å²) >= 11 is 0. The molecule has 4 heteroatoms. The lowest BCUT2D eigenvalue weighted by Gasteiger charge is -2.33. The molecule has 0 bridgehead atoms. The molecule has 0 spiro atoms. The van der Waals surface area contributed by atoms with Crippen molar-refractivity contribution in [3.05, 3.63) is 94.3 Å². The molecule has 1 aliphatic heterocycles. The van der Waals surface area contributed by atoms with E-state index in [2.05, 4.69) is 73.4 Å². The van der Waals surface area contributed by atoms with E-state index < -0.39 is 0 Å². The van der Waals surface area contributed by atoms with Gasteiger partial charge in [-0.05, 0) is 92.0 Å². The molecule has 2 fully saturated rings. The van der Waals surface area contributed by atoms with Gasteiger partial charge in [0.05, 0.1) is 24.2 Å². The molecule has 0 amide bonds. The van der Waals surface area contributed by atoms with Crippen LogP contribution in [0.3, 0.4) is 0 Å². The van der Waals surface area contributed by atoms with E-state index >= 15 is 0 Å². The van der Waals surface area contributed by atoms with Crippen LogP contribution in [0.2, 0.25) is 0 Å². The van der Waals surface area contributed by atoms with E-state index in [-0.39, 0.29) is 0 Å². The van der Waals surface area contributed by atoms with Crippen molar-refractivity contribution in [2.24, 2.45) is 4.99 Å². The maximum atomic E-state index is 5.71. The highest BCUT2D eigenvalue weighted by Gasteiger charge is 2.34. The third kappa shape index (κ3) is 3.63. The minimum atomic E-state index is 0.591. The molecule has 2 saturated carbocycles. The lowest BCUT2D eigenvalue weighted by molar-refractivity contribution is 0.409. The number of benzene rings is 2. The minimum Gasteiger partial charge on any atom is -0.496 e. The summed E-state index contributed by atoms with van der Waals surface area (Å²) in [4.78, 5) is 12.2. The van der Waals surface area contributed by atoms with Crippen molar-refractivity contribution in [1.82, 2.24) is 4.98 Å². The van der Waals surface area contributed by atoms with Crippen molar-refractivity contribution in [2.45, 2.75) is 45.4 Å². The van der Waals surface area contributed by atoms with Gasteiger partial charge < -0.3 is 4.74 Å². The Morgan fingerprint density at radius 1 is 0.941 bits per heavy atom. The van der Waals surface area contributed by atoms with Gasteiger partial charge in [0, 0.05) is 11.8 Å². The number of rotatable bonds is 5. The van der Waals surface area contributed by atoms with E-state index in [0.29, 0.717) is 5.92 Å². The second kappa shape index (κ2) is 8.28. The Kier molecular flexibility index (Phi) is 5.09. The number of para-hydroxylation sites is 1. The van der Waals surface area contributed by atoms with E-state index in [1.54, 1.807) is 7.11 Å². The molecule has 0 N–H and O–H groups in total. The molecular weight excluding hydrogens is 418 g/mol. The topological polar surface area (TPSA) is 37.7 Å². The second-order valence-electron chi connectivity index (χ2n) is 9.44. The number of aliphatic imine (C=N–C) groups is 1. The predicted octanol–water partition coefficient (Wildman–Crippen LogP) is 7.35. The SMILES string of the molecule is COc1cccc(/C=C/C2=Nc3cccnc3C(=C3CC3)N2c2c(C)cccc2C)c1C1CC1. The molecular formula is C30H29N3O. The highest BCUT2D eigenvalue weighted by Crippen LogP contribution is 2.48. The zero-order valence-electron chi connectivity index (χ0n) is 20.0. The van der Waals surface area contributed by atoms with Crippen LogP contribution in [0.15, 0.2) is 71.4 Å². The van der Waals surface area contributed by atoms with Gasteiger partial charge in [0.25, 0.3) is 0 Å². The number of allylic oxidation sites excluding steroid dienone is 1. The van der Waals surface area contributed by atoms with Crippen molar-refractivity contribution in [3.63, 3.8) is 0 Å². The van der Waals surface area contributed by atoms with Crippen molar-refractivity contribution < 1.29 is 4.74 Å². The van der Waals surface area contributed by atoms with Gasteiger partial charge in [0.1, 0.15) is 17.3 Å². The molecule has 6 rings (SSSR count). The highest BCUT2D eigenvalue weighted by molar-refractivity contribution is 6.20. The van der Waals surface area contributed by atoms with Gasteiger partial charge in [-0.15, -0.1) is 0 Å². The fraction of sp³-hybridized carbons (Fsp3) is 0.267. The molecule has 0 radical (unpaired) electrons. The Morgan fingerprint density at radius 2 is 1.71 bits per heavy atom. The molecule has 170 valence electrons. The van der Waals surface area contributed by atoms with E-state index in [4.69, 9.17) is 14.7 Å². The predicted molar refractivity (Wildman–Crippen MR) is 140 cm³/mol. The maximum absolute atomic E-state index is 5.71. The number of hydrogen-bond acceptors (Lipinski definition) is 4. The number of hydrogen-bond donors (Lipinski definition) is 0. The quantitative estimate of drug-likeness (QED) is 0.410. The summed E-state index contributed by atoms with van der Waals surface area (Å²) in [5.74, 6) is 2.50. The smallest absolute Gasteiger partial charge is 0.138 e. The van der Waals surface area contributed by atoms with Crippen LogP contribution in [0.25, 0.3) is 11.8 Å². The number of amidine groups is 1. The fourth-order valence-corrected chi connectivity index (χ4v) is 5.04. The molecule has 0 atom stereocenters. The first-order chi connectivity index (χ1) is 16.7. The normalized spacial score (nSPS) is 17.1. The first-order valence-electron chi connectivity index (χ1n) is 12.1. The molecule has 34 heavy (non-hydrogen) atoms. The standard InChI is InChI=1S/C30H29N3O/c1-19-7-4-8-20(2)29(19)33-26(32-24-10-6-18-31-28(24)30(33)23-14-15-23)17-16-21-9-5-11-25(34-3)27(21)22-12-13-22/h4-11,16-18,22H,12-15H2,1-3H3/b17-16+. The summed E-state index contributed by atoms with van der Waals surface area (Å²) in [6.45, 7) is 4.36. The molecule has 2 aromatic carbocycles. The van der Waals surface area contributed by atoms with Crippen molar-refractivity contribution >= 4 is 29.0 Å². The van der Waals surface area contributed by atoms with Crippen LogP contribution in [0.1, 0.15) is 59.5 Å². The highest BCUT2D eigenvalue weighted by atomic mass is 16.5. The Morgan fingerprint density at radius 3 is 2.41 bits per heavy atom. The average Bonchev–Trinajstić information content (AvgIpc) is 3.76. The molecule has 0 unspecified atom stereocenters. The van der Waals surface area contributed by atoms with Gasteiger partial charge in [-0.3, -0.25) is 9.88 Å². The van der Waals surface area contributed by atoms with Crippen LogP contribution in [0.5, 0.6) is 5.75 Å². The molecule has 2 aliphatic carbocycles. The summed E-state index contributed by atoms with van der Waals surface area (Å²) in [6.07, 6.45) is 11.0. The van der Waals surface area contributed by atoms with Crippen LogP contribution in [0, 0.1) is 13.8 Å². The van der Waals surface area contributed by atoms with Crippen LogP contribution in [-0.4, -0.2) is 17.9 Å². The summed E-state index contributed by atoms with van der Waals surface area (Å²) in [7, 11) is 1.76. The van der Waals surface area contributed by atoms with Crippen molar-refractivity contribution in [2.75, 3.05) is 12.0 Å². The van der Waals surface area contributed by atoms with E-state index in [0.717, 1.165) is 35.8 Å². The minimum absolute atomic E-state index is 0.591. The third-order valence-electron chi connectivity index (χ3n) is 6.91. The lowest BCUT2D eigenvalue weighted by Crippen LogP contribution is -2.32. The fourth-order valence-electron chi connectivity index (χ4n) is 5.04. The van der Waals surface area contributed by atoms with Crippen LogP contribution in [-0.2, 0) is 0 Å². The number of anilines is 1. The van der Waals surface area contributed by atoms with E-state index in [9.17, 15) is 0 Å². The van der Waals surface area contributed by atoms with Crippen molar-refractivity contribution in [3.8, 4) is 5.75 Å². The van der Waals surface area contributed by atoms with Gasteiger partial charge in [-0.2, -0.15) is 0 Å². The van der Waals surface area contributed by atoms with Crippen LogP contribution in [0.4, 0.5) is 11.4 Å². The Balaban J connectivity index is 1.53. The molecule has 1 aromatic heterocycles. The largest absolute Gasteiger partial charge is 0.496 e. The Bertz CT molecular complexity index is 1350. The molecule has 3 aromatic rings. The number of aromatic nitrogens is 1. The summed E-state index contributed by atoms with van der Waals surface area (Å²) in [6, 6.07) is 16.9. The van der Waals surface area contributed by atoms with Gasteiger partial charge in [-0.1, -0.05) is 36.4 Å². The number of methoxy groups -OCH3 is 1. The second-order valence-corrected chi connectivity index (χ2v) is 9.44.